The lowest BCUT2D eigenvalue weighted by atomic mass is 9.98. The molecule has 2 nitrogen and oxygen atoms in total. The van der Waals surface area contributed by atoms with Crippen molar-refractivity contribution in [1.29, 1.82) is 0 Å². The molecule has 16 heavy (non-hydrogen) atoms. The maximum absolute atomic E-state index is 4.35. The molecule has 0 radical (unpaired) electrons. The van der Waals surface area contributed by atoms with Crippen LogP contribution < -0.4 is 0 Å². The molecule has 0 saturated heterocycles. The largest absolute Gasteiger partial charge is 0.586 e. The molecule has 4 atom stereocenters. The molecular formula is C14H28NO+. The normalized spacial score (nSPS) is 27.6. The average molecular weight is 226 g/mol. The number of nitrogens with zero attached hydrogens (tertiary/aromatic N) is 1. The zero-order valence-electron chi connectivity index (χ0n) is 11.3. The van der Waals surface area contributed by atoms with Crippen LogP contribution in [0.15, 0.2) is 12.8 Å². The van der Waals surface area contributed by atoms with Crippen molar-refractivity contribution in [2.24, 2.45) is 11.8 Å². The van der Waals surface area contributed by atoms with Crippen LogP contribution in [0.4, 0.5) is 0 Å². The number of aliphatic hydroxyl groups is 2. The Morgan fingerprint density at radius 3 is 2.75 bits per heavy atom. The summed E-state index contributed by atoms with van der Waals surface area (Å²) in [6.45, 7) is 11.6. The molecule has 0 aromatic heterocycles. The van der Waals surface area contributed by atoms with Gasteiger partial charge in [-0.1, -0.05) is 13.8 Å². The highest BCUT2D eigenvalue weighted by Gasteiger charge is 2.39. The van der Waals surface area contributed by atoms with Crippen LogP contribution in [0.5, 0.6) is 0 Å². The predicted molar refractivity (Wildman–Crippen MR) is 70.5 cm³/mol. The molecule has 2 heteroatoms. The standard InChI is InChI=1S/C14H27NO/c1-6-15(5)14-10-13(14)9-8-11(3)12(4)16-7-2/h7,11-14H,2,6,8-10H2,1,3-5H3/p+1. The van der Waals surface area contributed by atoms with E-state index in [0.717, 1.165) is 12.0 Å². The van der Waals surface area contributed by atoms with E-state index in [4.69, 9.17) is 0 Å². The van der Waals surface area contributed by atoms with Crippen molar-refractivity contribution in [2.75, 3.05) is 13.6 Å². The van der Waals surface area contributed by atoms with E-state index in [-0.39, 0.29) is 0 Å². The van der Waals surface area contributed by atoms with Gasteiger partial charge in [0.1, 0.15) is 0 Å². The predicted octanol–water partition coefficient (Wildman–Crippen LogP) is 2.80. The zero-order valence-corrected chi connectivity index (χ0v) is 11.3. The quantitative estimate of drug-likeness (QED) is 0.459. The Morgan fingerprint density at radius 1 is 1.50 bits per heavy atom. The second-order valence-corrected chi connectivity index (χ2v) is 5.26. The topological polar surface area (TPSA) is 16.0 Å². The number of hydrogen-bond donors (Lipinski definition) is 0. The van der Waals surface area contributed by atoms with Crippen molar-refractivity contribution in [3.05, 3.63) is 12.8 Å². The van der Waals surface area contributed by atoms with Gasteiger partial charge in [-0.15, -0.1) is 0 Å². The molecule has 1 saturated carbocycles. The Kier molecular flexibility index (Phi) is 5.33. The van der Waals surface area contributed by atoms with Gasteiger partial charge in [-0.3, -0.25) is 0 Å². The first-order chi connectivity index (χ1) is 7.60. The Hall–Kier alpha value is -0.500. The van der Waals surface area contributed by atoms with E-state index in [1.165, 1.54) is 25.8 Å². The summed E-state index contributed by atoms with van der Waals surface area (Å²) in [5.41, 5.74) is 0. The summed E-state index contributed by atoms with van der Waals surface area (Å²) >= 11 is 0. The molecule has 0 heterocycles. The van der Waals surface area contributed by atoms with Gasteiger partial charge in [-0.25, -0.2) is 0 Å². The van der Waals surface area contributed by atoms with Crippen molar-refractivity contribution in [3.8, 4) is 0 Å². The van der Waals surface area contributed by atoms with Crippen LogP contribution in [0.3, 0.4) is 0 Å². The first kappa shape index (κ1) is 13.6. The molecule has 1 aliphatic carbocycles. The molecule has 1 fully saturated rings. The smallest absolute Gasteiger partial charge is 0.209 e. The van der Waals surface area contributed by atoms with E-state index >= 15 is 0 Å². The van der Waals surface area contributed by atoms with Crippen LogP contribution in [0.25, 0.3) is 0 Å². The van der Waals surface area contributed by atoms with Gasteiger partial charge in [-0.05, 0) is 45.4 Å². The molecule has 1 aliphatic rings. The lowest BCUT2D eigenvalue weighted by Gasteiger charge is -2.17. The van der Waals surface area contributed by atoms with Crippen LogP contribution in [0.2, 0.25) is 0 Å². The lowest BCUT2D eigenvalue weighted by molar-refractivity contribution is -0.0398. The minimum absolute atomic E-state index is 0.429. The maximum atomic E-state index is 4.35. The molecule has 0 aliphatic heterocycles. The minimum Gasteiger partial charge on any atom is -0.586 e. The summed E-state index contributed by atoms with van der Waals surface area (Å²) in [6.07, 6.45) is 6.19. The zero-order chi connectivity index (χ0) is 12.1. The molecule has 0 spiro atoms. The SMILES string of the molecule is C=C[OH+]C(C)C(C)CCC1CC1N(C)CC. The third-order valence-electron chi connectivity index (χ3n) is 4.11. The fourth-order valence-corrected chi connectivity index (χ4v) is 2.35. The molecule has 4 unspecified atom stereocenters. The van der Waals surface area contributed by atoms with E-state index < -0.39 is 0 Å². The summed E-state index contributed by atoms with van der Waals surface area (Å²) in [6, 6.07) is 0.865. The highest BCUT2D eigenvalue weighted by Crippen LogP contribution is 2.39. The van der Waals surface area contributed by atoms with Crippen LogP contribution in [0, 0.1) is 11.8 Å². The van der Waals surface area contributed by atoms with E-state index in [9.17, 15) is 0 Å². The van der Waals surface area contributed by atoms with Crippen LogP contribution in [-0.4, -0.2) is 35.4 Å². The third kappa shape index (κ3) is 3.82. The van der Waals surface area contributed by atoms with Crippen LogP contribution in [-0.2, 0) is 0 Å². The molecule has 0 amide bonds. The molecule has 0 aromatic rings. The average Bonchev–Trinajstić information content (AvgIpc) is 3.04. The first-order valence-electron chi connectivity index (χ1n) is 6.61. The lowest BCUT2D eigenvalue weighted by Crippen LogP contribution is -2.22. The maximum Gasteiger partial charge on any atom is 0.209 e. The van der Waals surface area contributed by atoms with Gasteiger partial charge >= 0.3 is 0 Å². The first-order valence-corrected chi connectivity index (χ1v) is 6.61. The monoisotopic (exact) mass is 226 g/mol. The van der Waals surface area contributed by atoms with E-state index in [2.05, 4.69) is 44.0 Å². The number of hydrogen-bond acceptors (Lipinski definition) is 1. The molecule has 0 aromatic carbocycles. The fraction of sp³-hybridized carbons (Fsp3) is 0.857. The van der Waals surface area contributed by atoms with Gasteiger partial charge in [0.25, 0.3) is 0 Å². The highest BCUT2D eigenvalue weighted by atomic mass is 16.5. The second-order valence-electron chi connectivity index (χ2n) is 5.26. The summed E-state index contributed by atoms with van der Waals surface area (Å²) < 4.78 is 4.35. The Bertz CT molecular complexity index is 217. The van der Waals surface area contributed by atoms with Crippen LogP contribution >= 0.6 is 0 Å². The van der Waals surface area contributed by atoms with E-state index in [1.807, 2.05) is 0 Å². The van der Waals surface area contributed by atoms with Crippen molar-refractivity contribution >= 4 is 0 Å². The van der Waals surface area contributed by atoms with Crippen LogP contribution in [0.1, 0.15) is 40.0 Å². The van der Waals surface area contributed by atoms with Gasteiger partial charge in [0.2, 0.25) is 6.26 Å². The van der Waals surface area contributed by atoms with E-state index in [1.54, 1.807) is 6.26 Å². The molecule has 94 valence electrons. The molecule has 1 rings (SSSR count). The van der Waals surface area contributed by atoms with Gasteiger partial charge in [-0.2, -0.15) is 0 Å². The van der Waals surface area contributed by atoms with Crippen molar-refractivity contribution in [3.63, 3.8) is 0 Å². The fourth-order valence-electron chi connectivity index (χ4n) is 2.35. The molecule has 1 N–H and O–H groups in total. The Morgan fingerprint density at radius 2 is 2.19 bits per heavy atom. The second kappa shape index (κ2) is 6.29. The summed E-state index contributed by atoms with van der Waals surface area (Å²) in [4.78, 5) is 2.48. The van der Waals surface area contributed by atoms with Crippen molar-refractivity contribution < 1.29 is 4.74 Å². The molecular weight excluding hydrogens is 198 g/mol. The number of ether oxygens (including phenoxy) is 1. The Balaban J connectivity index is 2.14. The number of rotatable bonds is 8. The minimum atomic E-state index is 0.429. The Labute approximate surface area is 101 Å². The van der Waals surface area contributed by atoms with Crippen molar-refractivity contribution in [1.82, 2.24) is 4.90 Å². The van der Waals surface area contributed by atoms with Gasteiger partial charge in [0.15, 0.2) is 6.10 Å². The highest BCUT2D eigenvalue weighted by molar-refractivity contribution is 4.93. The summed E-state index contributed by atoms with van der Waals surface area (Å²) in [5.74, 6) is 1.63. The van der Waals surface area contributed by atoms with Gasteiger partial charge < -0.3 is 9.64 Å². The van der Waals surface area contributed by atoms with Gasteiger partial charge in [0.05, 0.1) is 0 Å². The third-order valence-corrected chi connectivity index (χ3v) is 4.11. The molecule has 0 bridgehead atoms. The van der Waals surface area contributed by atoms with Gasteiger partial charge in [0, 0.05) is 18.9 Å². The van der Waals surface area contributed by atoms with Crippen molar-refractivity contribution in [2.45, 2.75) is 52.2 Å². The summed E-state index contributed by atoms with van der Waals surface area (Å²) in [7, 11) is 2.24. The summed E-state index contributed by atoms with van der Waals surface area (Å²) in [5, 5.41) is 0. The van der Waals surface area contributed by atoms with E-state index in [0.29, 0.717) is 12.0 Å².